The zero-order chi connectivity index (χ0) is 25.4. The van der Waals surface area contributed by atoms with Crippen molar-refractivity contribution < 1.29 is 56.3 Å². The highest BCUT2D eigenvalue weighted by molar-refractivity contribution is 7.66. The number of ether oxygens (including phenoxy) is 1. The minimum atomic E-state index is -5.79. The second-order valence-electron chi connectivity index (χ2n) is 6.49. The number of aliphatic hydroxyl groups is 1. The standard InChI is InChI=1S/C12H19N4O14P3/c1-3-4-12(13)8(17)7(27-9(12)16-5-14-10(18)15-11(16)19)6(2)28-32(23,24)30-33(25,26)29-31(20,21)22/h5-9,17H,13H2,1-2H3,(H,23,24)(H,25,26)(H,15,18,19)(H2,20,21,22)/t6-,7-,8+,9-,12?/m1/s1. The Balaban J connectivity index is 2.32. The molecule has 0 bridgehead atoms. The Kier molecular flexibility index (Phi) is 8.06. The van der Waals surface area contributed by atoms with E-state index in [1.807, 2.05) is 4.98 Å². The molecular weight excluding hydrogens is 517 g/mol. The van der Waals surface area contributed by atoms with Crippen molar-refractivity contribution in [1.29, 1.82) is 0 Å². The normalized spacial score (nSPS) is 30.0. The molecule has 0 amide bonds. The fraction of sp³-hybridized carbons (Fsp3) is 0.583. The maximum atomic E-state index is 12.1. The highest BCUT2D eigenvalue weighted by atomic mass is 31.3. The fourth-order valence-corrected chi connectivity index (χ4v) is 6.06. The Labute approximate surface area is 183 Å². The summed E-state index contributed by atoms with van der Waals surface area (Å²) in [6.07, 6.45) is -5.98. The first kappa shape index (κ1) is 27.7. The van der Waals surface area contributed by atoms with E-state index >= 15 is 0 Å². The molecule has 1 aliphatic heterocycles. The third-order valence-corrected chi connectivity index (χ3v) is 7.94. The first-order chi connectivity index (χ1) is 14.9. The van der Waals surface area contributed by atoms with Gasteiger partial charge in [0.05, 0.1) is 6.10 Å². The Hall–Kier alpha value is -1.54. The van der Waals surface area contributed by atoms with Crippen molar-refractivity contribution >= 4 is 23.5 Å². The van der Waals surface area contributed by atoms with Crippen LogP contribution >= 0.6 is 23.5 Å². The Morgan fingerprint density at radius 2 is 1.85 bits per heavy atom. The molecule has 18 nitrogen and oxygen atoms in total. The van der Waals surface area contributed by atoms with Crippen molar-refractivity contribution in [3.63, 3.8) is 0 Å². The lowest BCUT2D eigenvalue weighted by Crippen LogP contribution is -2.56. The molecule has 1 saturated heterocycles. The van der Waals surface area contributed by atoms with Gasteiger partial charge in [-0.2, -0.15) is 13.6 Å². The van der Waals surface area contributed by atoms with Crippen LogP contribution in [0.5, 0.6) is 0 Å². The summed E-state index contributed by atoms with van der Waals surface area (Å²) in [5.41, 5.74) is 2.05. The van der Waals surface area contributed by atoms with E-state index in [1.165, 1.54) is 6.92 Å². The van der Waals surface area contributed by atoms with Gasteiger partial charge in [0.15, 0.2) is 11.8 Å². The monoisotopic (exact) mass is 536 g/mol. The Morgan fingerprint density at radius 3 is 2.36 bits per heavy atom. The number of rotatable bonds is 8. The number of aliphatic hydroxyl groups excluding tert-OH is 1. The molecule has 2 heterocycles. The lowest BCUT2D eigenvalue weighted by molar-refractivity contribution is -0.0758. The van der Waals surface area contributed by atoms with Crippen molar-refractivity contribution in [2.24, 2.45) is 5.73 Å². The Bertz CT molecular complexity index is 1210. The van der Waals surface area contributed by atoms with Crippen LogP contribution in [0.15, 0.2) is 15.9 Å². The van der Waals surface area contributed by atoms with Gasteiger partial charge in [0.25, 0.3) is 0 Å². The number of nitrogens with two attached hydrogens (primary N) is 1. The van der Waals surface area contributed by atoms with Gasteiger partial charge in [-0.05, 0) is 13.8 Å². The molecule has 0 spiro atoms. The maximum Gasteiger partial charge on any atom is 0.490 e. The second kappa shape index (κ2) is 9.61. The van der Waals surface area contributed by atoms with Gasteiger partial charge in [-0.25, -0.2) is 23.3 Å². The molecule has 33 heavy (non-hydrogen) atoms. The molecule has 1 fully saturated rings. The summed E-state index contributed by atoms with van der Waals surface area (Å²) in [4.78, 5) is 64.6. The van der Waals surface area contributed by atoms with Crippen LogP contribution in [0.4, 0.5) is 0 Å². The Morgan fingerprint density at radius 1 is 1.24 bits per heavy atom. The highest BCUT2D eigenvalue weighted by Crippen LogP contribution is 2.66. The number of aromatic amines is 1. The molecule has 1 aromatic rings. The average Bonchev–Trinajstić information content (AvgIpc) is 2.83. The van der Waals surface area contributed by atoms with Crippen molar-refractivity contribution in [1.82, 2.24) is 14.5 Å². The summed E-state index contributed by atoms with van der Waals surface area (Å²) in [6.45, 7) is 2.37. The highest BCUT2D eigenvalue weighted by Gasteiger charge is 2.57. The average molecular weight is 536 g/mol. The van der Waals surface area contributed by atoms with Crippen LogP contribution in [0.3, 0.4) is 0 Å². The maximum absolute atomic E-state index is 12.1. The summed E-state index contributed by atoms with van der Waals surface area (Å²) in [7, 11) is -17.0. The van der Waals surface area contributed by atoms with E-state index in [2.05, 4.69) is 30.0 Å². The van der Waals surface area contributed by atoms with Crippen LogP contribution in [0.25, 0.3) is 0 Å². The van der Waals surface area contributed by atoms with Crippen molar-refractivity contribution in [3.8, 4) is 11.8 Å². The topological polar surface area (TPSA) is 283 Å². The molecule has 0 radical (unpaired) electrons. The van der Waals surface area contributed by atoms with Gasteiger partial charge in [-0.1, -0.05) is 5.92 Å². The third kappa shape index (κ3) is 6.75. The van der Waals surface area contributed by atoms with E-state index in [0.29, 0.717) is 4.57 Å². The van der Waals surface area contributed by atoms with E-state index in [4.69, 9.17) is 20.3 Å². The number of nitrogens with one attached hydrogen (secondary N) is 1. The zero-order valence-corrected chi connectivity index (χ0v) is 19.3. The van der Waals surface area contributed by atoms with E-state index in [0.717, 1.165) is 13.3 Å². The van der Waals surface area contributed by atoms with E-state index in [9.17, 15) is 38.2 Å². The molecule has 1 aliphatic rings. The van der Waals surface area contributed by atoms with Crippen molar-refractivity contribution in [2.75, 3.05) is 0 Å². The molecule has 2 rings (SSSR count). The number of nitrogens with zero attached hydrogens (tertiary/aromatic N) is 2. The quantitative estimate of drug-likeness (QED) is 0.135. The zero-order valence-electron chi connectivity index (χ0n) is 16.6. The van der Waals surface area contributed by atoms with E-state index in [-0.39, 0.29) is 0 Å². The molecule has 0 aromatic carbocycles. The van der Waals surface area contributed by atoms with Crippen molar-refractivity contribution in [3.05, 3.63) is 27.3 Å². The molecule has 3 unspecified atom stereocenters. The van der Waals surface area contributed by atoms with Crippen LogP contribution < -0.4 is 17.1 Å². The predicted octanol–water partition coefficient (Wildman–Crippen LogP) is -2.36. The molecule has 7 atom stereocenters. The summed E-state index contributed by atoms with van der Waals surface area (Å²) in [5, 5.41) is 10.7. The number of phosphoric acid groups is 3. The predicted molar refractivity (Wildman–Crippen MR) is 104 cm³/mol. The minimum Gasteiger partial charge on any atom is -0.387 e. The minimum absolute atomic E-state index is 0.687. The van der Waals surface area contributed by atoms with Crippen LogP contribution in [0.2, 0.25) is 0 Å². The van der Waals surface area contributed by atoms with Crippen LogP contribution in [0, 0.1) is 11.8 Å². The molecule has 0 saturated carbocycles. The first-order valence-electron chi connectivity index (χ1n) is 8.47. The smallest absolute Gasteiger partial charge is 0.387 e. The first-order valence-corrected chi connectivity index (χ1v) is 13.0. The molecule has 186 valence electrons. The number of hydrogen-bond acceptors (Lipinski definition) is 12. The second-order valence-corrected chi connectivity index (χ2v) is 10.9. The number of aromatic nitrogens is 3. The van der Waals surface area contributed by atoms with Gasteiger partial charge in [0.1, 0.15) is 18.5 Å². The molecule has 1 aromatic heterocycles. The van der Waals surface area contributed by atoms with E-state index in [1.54, 1.807) is 0 Å². The summed E-state index contributed by atoms with van der Waals surface area (Å²) >= 11 is 0. The van der Waals surface area contributed by atoms with Gasteiger partial charge in [-0.15, -0.1) is 5.92 Å². The molecule has 21 heteroatoms. The summed E-state index contributed by atoms with van der Waals surface area (Å²) < 4.78 is 52.2. The van der Waals surface area contributed by atoms with Gasteiger partial charge >= 0.3 is 34.8 Å². The van der Waals surface area contributed by atoms with Crippen molar-refractivity contribution in [2.45, 2.75) is 43.9 Å². The lowest BCUT2D eigenvalue weighted by atomic mass is 9.90. The third-order valence-electron chi connectivity index (χ3n) is 4.02. The van der Waals surface area contributed by atoms with E-state index < -0.39 is 64.9 Å². The largest absolute Gasteiger partial charge is 0.490 e. The summed E-state index contributed by atoms with van der Waals surface area (Å²) in [5.74, 6) is 4.86. The van der Waals surface area contributed by atoms with Gasteiger partial charge < -0.3 is 35.2 Å². The molecule has 8 N–H and O–H groups in total. The van der Waals surface area contributed by atoms with Gasteiger partial charge in [0, 0.05) is 0 Å². The van der Waals surface area contributed by atoms with Gasteiger partial charge in [0.2, 0.25) is 0 Å². The van der Waals surface area contributed by atoms with Crippen LogP contribution in [-0.2, 0) is 31.6 Å². The molecular formula is C12H19N4O14P3. The SMILES string of the molecule is CC#CC1(N)[C@@H](O)[C@@H]([C@@H](C)OP(=O)(O)OP(=O)(O)OP(=O)(O)O)O[C@H]1n1cnc(=O)[nH]c1=O. The summed E-state index contributed by atoms with van der Waals surface area (Å²) in [6, 6.07) is 0. The fourth-order valence-electron chi connectivity index (χ4n) is 2.86. The van der Waals surface area contributed by atoms with Crippen LogP contribution in [0.1, 0.15) is 20.1 Å². The van der Waals surface area contributed by atoms with Gasteiger partial charge in [-0.3, -0.25) is 14.1 Å². The molecule has 0 aliphatic carbocycles. The number of hydrogen-bond donors (Lipinski definition) is 7. The number of H-pyrrole nitrogens is 1. The van der Waals surface area contributed by atoms with Crippen LogP contribution in [-0.4, -0.2) is 63.1 Å². The lowest BCUT2D eigenvalue weighted by Gasteiger charge is -2.28. The number of phosphoric ester groups is 1.